The largest absolute Gasteiger partial charge is 0.450 e. The van der Waals surface area contributed by atoms with Crippen molar-refractivity contribution in [3.63, 3.8) is 0 Å². The molecule has 0 atom stereocenters. The molecule has 0 unspecified atom stereocenters. The highest BCUT2D eigenvalue weighted by molar-refractivity contribution is 6.31. The first kappa shape index (κ1) is 17.7. The second-order valence-electron chi connectivity index (χ2n) is 5.55. The average molecular weight is 372 g/mol. The minimum absolute atomic E-state index is 0.207. The summed E-state index contributed by atoms with van der Waals surface area (Å²) in [6, 6.07) is 12.7. The average Bonchev–Trinajstić information content (AvgIpc) is 2.62. The fraction of sp³-hybridized carbons (Fsp3) is 0.105. The molecule has 3 rings (SSSR count). The van der Waals surface area contributed by atoms with Crippen molar-refractivity contribution in [1.29, 1.82) is 0 Å². The SMILES string of the molecule is Cc1ccccc1NC(=O)COC(=O)c1cc(=O)c2cc(Cl)ccc2o1. The summed E-state index contributed by atoms with van der Waals surface area (Å²) in [7, 11) is 0. The van der Waals surface area contributed by atoms with Crippen LogP contribution in [0.25, 0.3) is 11.0 Å². The minimum Gasteiger partial charge on any atom is -0.450 e. The van der Waals surface area contributed by atoms with Crippen LogP contribution in [0.4, 0.5) is 5.69 Å². The molecule has 0 aliphatic carbocycles. The molecular weight excluding hydrogens is 358 g/mol. The molecular formula is C19H14ClNO5. The van der Waals surface area contributed by atoms with Gasteiger partial charge in [-0.25, -0.2) is 4.79 Å². The van der Waals surface area contributed by atoms with Crippen molar-refractivity contribution in [3.8, 4) is 0 Å². The number of amides is 1. The van der Waals surface area contributed by atoms with Crippen LogP contribution in [0.5, 0.6) is 0 Å². The number of anilines is 1. The molecule has 132 valence electrons. The monoisotopic (exact) mass is 371 g/mol. The summed E-state index contributed by atoms with van der Waals surface area (Å²) in [4.78, 5) is 36.1. The number of nitrogens with one attached hydrogen (secondary N) is 1. The van der Waals surface area contributed by atoms with Gasteiger partial charge in [0.15, 0.2) is 12.0 Å². The summed E-state index contributed by atoms with van der Waals surface area (Å²) < 4.78 is 10.3. The lowest BCUT2D eigenvalue weighted by Crippen LogP contribution is -2.21. The second-order valence-corrected chi connectivity index (χ2v) is 5.99. The van der Waals surface area contributed by atoms with E-state index in [-0.39, 0.29) is 16.7 Å². The van der Waals surface area contributed by atoms with Crippen molar-refractivity contribution in [1.82, 2.24) is 0 Å². The van der Waals surface area contributed by atoms with Crippen LogP contribution in [-0.2, 0) is 9.53 Å². The Morgan fingerprint density at radius 2 is 1.92 bits per heavy atom. The highest BCUT2D eigenvalue weighted by Gasteiger charge is 2.16. The fourth-order valence-corrected chi connectivity index (χ4v) is 2.50. The minimum atomic E-state index is -0.904. The summed E-state index contributed by atoms with van der Waals surface area (Å²) in [6.45, 7) is 1.34. The number of hydrogen-bond acceptors (Lipinski definition) is 5. The molecule has 0 bridgehead atoms. The molecule has 0 spiro atoms. The number of esters is 1. The van der Waals surface area contributed by atoms with Crippen LogP contribution in [0.3, 0.4) is 0 Å². The van der Waals surface area contributed by atoms with Crippen LogP contribution < -0.4 is 10.7 Å². The third-order valence-electron chi connectivity index (χ3n) is 3.64. The van der Waals surface area contributed by atoms with E-state index in [0.29, 0.717) is 10.7 Å². The molecule has 1 aromatic heterocycles. The van der Waals surface area contributed by atoms with E-state index in [1.54, 1.807) is 12.1 Å². The zero-order chi connectivity index (χ0) is 18.7. The molecule has 1 N–H and O–H groups in total. The van der Waals surface area contributed by atoms with Crippen molar-refractivity contribution in [3.05, 3.63) is 75.1 Å². The number of para-hydroxylation sites is 1. The predicted molar refractivity (Wildman–Crippen MR) is 97.6 cm³/mol. The number of fused-ring (bicyclic) bond motifs is 1. The Hall–Kier alpha value is -3.12. The van der Waals surface area contributed by atoms with Gasteiger partial charge in [0.2, 0.25) is 5.76 Å². The molecule has 0 aliphatic rings. The normalized spacial score (nSPS) is 10.5. The maximum absolute atomic E-state index is 12.1. The number of carbonyl (C=O) groups excluding carboxylic acids is 2. The lowest BCUT2D eigenvalue weighted by molar-refractivity contribution is -0.119. The van der Waals surface area contributed by atoms with Gasteiger partial charge in [0.05, 0.1) is 5.39 Å². The molecule has 0 aliphatic heterocycles. The van der Waals surface area contributed by atoms with E-state index < -0.39 is 23.9 Å². The van der Waals surface area contributed by atoms with Gasteiger partial charge in [-0.1, -0.05) is 29.8 Å². The van der Waals surface area contributed by atoms with Crippen molar-refractivity contribution in [2.45, 2.75) is 6.92 Å². The lowest BCUT2D eigenvalue weighted by Gasteiger charge is -2.08. The number of benzene rings is 2. The summed E-state index contributed by atoms with van der Waals surface area (Å²) in [6.07, 6.45) is 0. The maximum Gasteiger partial charge on any atom is 0.374 e. The van der Waals surface area contributed by atoms with E-state index in [2.05, 4.69) is 5.32 Å². The number of carbonyl (C=O) groups is 2. The van der Waals surface area contributed by atoms with Crippen molar-refractivity contribution >= 4 is 40.1 Å². The van der Waals surface area contributed by atoms with E-state index in [1.165, 1.54) is 18.2 Å². The number of hydrogen-bond donors (Lipinski definition) is 1. The van der Waals surface area contributed by atoms with Crippen LogP contribution in [0.1, 0.15) is 16.1 Å². The summed E-state index contributed by atoms with van der Waals surface area (Å²) in [5.41, 5.74) is 1.29. The Labute approximate surface area is 153 Å². The van der Waals surface area contributed by atoms with E-state index in [4.69, 9.17) is 20.8 Å². The van der Waals surface area contributed by atoms with Crippen molar-refractivity contribution in [2.24, 2.45) is 0 Å². The number of aryl methyl sites for hydroxylation is 1. The number of ether oxygens (including phenoxy) is 1. The molecule has 3 aromatic rings. The van der Waals surface area contributed by atoms with Crippen molar-refractivity contribution < 1.29 is 18.7 Å². The van der Waals surface area contributed by atoms with Gasteiger partial charge in [0, 0.05) is 16.8 Å². The van der Waals surface area contributed by atoms with Gasteiger partial charge < -0.3 is 14.5 Å². The first-order valence-electron chi connectivity index (χ1n) is 7.70. The Kier molecular flexibility index (Phi) is 5.04. The van der Waals surface area contributed by atoms with E-state index in [9.17, 15) is 14.4 Å². The highest BCUT2D eigenvalue weighted by Crippen LogP contribution is 2.18. The molecule has 0 saturated heterocycles. The highest BCUT2D eigenvalue weighted by atomic mass is 35.5. The van der Waals surface area contributed by atoms with Crippen LogP contribution in [-0.4, -0.2) is 18.5 Å². The topological polar surface area (TPSA) is 85.6 Å². The molecule has 26 heavy (non-hydrogen) atoms. The Morgan fingerprint density at radius 3 is 2.69 bits per heavy atom. The summed E-state index contributed by atoms with van der Waals surface area (Å²) in [5.74, 6) is -1.69. The van der Waals surface area contributed by atoms with E-state index in [0.717, 1.165) is 11.6 Å². The van der Waals surface area contributed by atoms with Crippen LogP contribution in [0.2, 0.25) is 5.02 Å². The van der Waals surface area contributed by atoms with E-state index >= 15 is 0 Å². The van der Waals surface area contributed by atoms with Gasteiger partial charge in [-0.3, -0.25) is 9.59 Å². The quantitative estimate of drug-likeness (QED) is 0.709. The third-order valence-corrected chi connectivity index (χ3v) is 3.88. The molecule has 1 heterocycles. The van der Waals surface area contributed by atoms with Gasteiger partial charge in [-0.2, -0.15) is 0 Å². The lowest BCUT2D eigenvalue weighted by atomic mass is 10.2. The second kappa shape index (κ2) is 7.41. The van der Waals surface area contributed by atoms with Gasteiger partial charge in [-0.15, -0.1) is 0 Å². The molecule has 0 saturated carbocycles. The molecule has 0 radical (unpaired) electrons. The fourth-order valence-electron chi connectivity index (χ4n) is 2.33. The van der Waals surface area contributed by atoms with E-state index in [1.807, 2.05) is 19.1 Å². The molecule has 0 fully saturated rings. The Morgan fingerprint density at radius 1 is 1.15 bits per heavy atom. The summed E-state index contributed by atoms with van der Waals surface area (Å²) in [5, 5.41) is 3.28. The maximum atomic E-state index is 12.1. The Balaban J connectivity index is 1.69. The first-order valence-corrected chi connectivity index (χ1v) is 8.08. The van der Waals surface area contributed by atoms with Gasteiger partial charge >= 0.3 is 5.97 Å². The zero-order valence-corrected chi connectivity index (χ0v) is 14.5. The first-order chi connectivity index (χ1) is 12.4. The van der Waals surface area contributed by atoms with Crippen LogP contribution >= 0.6 is 11.6 Å². The molecule has 2 aromatic carbocycles. The number of rotatable bonds is 4. The molecule has 1 amide bonds. The van der Waals surface area contributed by atoms with Gasteiger partial charge in [0.25, 0.3) is 5.91 Å². The number of halogens is 1. The summed E-state index contributed by atoms with van der Waals surface area (Å²) >= 11 is 5.84. The van der Waals surface area contributed by atoms with Gasteiger partial charge in [0.1, 0.15) is 5.58 Å². The van der Waals surface area contributed by atoms with Crippen molar-refractivity contribution in [2.75, 3.05) is 11.9 Å². The van der Waals surface area contributed by atoms with Crippen LogP contribution in [0, 0.1) is 6.92 Å². The predicted octanol–water partition coefficient (Wildman–Crippen LogP) is 3.55. The standard InChI is InChI=1S/C19H14ClNO5/c1-11-4-2-3-5-14(11)21-18(23)10-25-19(24)17-9-15(22)13-8-12(20)6-7-16(13)26-17/h2-9H,10H2,1H3,(H,21,23). The molecule has 7 heteroatoms. The smallest absolute Gasteiger partial charge is 0.374 e. The zero-order valence-electron chi connectivity index (χ0n) is 13.7. The Bertz CT molecular complexity index is 1060. The molecule has 6 nitrogen and oxygen atoms in total. The van der Waals surface area contributed by atoms with Gasteiger partial charge in [-0.05, 0) is 36.8 Å². The van der Waals surface area contributed by atoms with Crippen LogP contribution in [0.15, 0.2) is 57.7 Å². The third kappa shape index (κ3) is 3.92.